The summed E-state index contributed by atoms with van der Waals surface area (Å²) in [7, 11) is 0. The molecule has 1 saturated heterocycles. The Morgan fingerprint density at radius 1 is 1.11 bits per heavy atom. The molecule has 0 aromatic heterocycles. The molecule has 0 spiro atoms. The lowest BCUT2D eigenvalue weighted by molar-refractivity contribution is -0.137. The number of aryl methyl sites for hydroxylation is 1. The molecule has 1 aliphatic heterocycles. The minimum atomic E-state index is -4.59. The van der Waals surface area contributed by atoms with Crippen molar-refractivity contribution in [1.29, 1.82) is 0 Å². The number of rotatable bonds is 3. The van der Waals surface area contributed by atoms with Crippen molar-refractivity contribution in [1.82, 2.24) is 5.32 Å². The quantitative estimate of drug-likeness (QED) is 0.851. The minimum Gasteiger partial charge on any atom is -0.326 e. The summed E-state index contributed by atoms with van der Waals surface area (Å²) in [5.74, 6) is -0.293. The third-order valence-corrected chi connectivity index (χ3v) is 4.34. The number of para-hydroxylation sites is 1. The molecule has 8 heteroatoms. The predicted octanol–water partition coefficient (Wildman–Crippen LogP) is 3.94. The van der Waals surface area contributed by atoms with Crippen LogP contribution in [0.4, 0.5) is 29.3 Å². The molecule has 0 bridgehead atoms. The van der Waals surface area contributed by atoms with Crippen molar-refractivity contribution in [2.24, 2.45) is 0 Å². The average Bonchev–Trinajstić information content (AvgIpc) is 2.96. The monoisotopic (exact) mass is 377 g/mol. The summed E-state index contributed by atoms with van der Waals surface area (Å²) in [6, 6.07) is 10.4. The van der Waals surface area contributed by atoms with E-state index in [1.54, 1.807) is 4.90 Å². The number of anilines is 2. The lowest BCUT2D eigenvalue weighted by Gasteiger charge is -2.18. The molecule has 2 N–H and O–H groups in total. The van der Waals surface area contributed by atoms with Crippen LogP contribution in [0.1, 0.15) is 17.5 Å². The van der Waals surface area contributed by atoms with E-state index in [0.29, 0.717) is 13.0 Å². The van der Waals surface area contributed by atoms with E-state index < -0.39 is 23.8 Å². The number of amides is 3. The predicted molar refractivity (Wildman–Crippen MR) is 95.5 cm³/mol. The molecule has 0 aliphatic carbocycles. The molecule has 142 valence electrons. The molecule has 3 rings (SSSR count). The zero-order valence-corrected chi connectivity index (χ0v) is 14.5. The van der Waals surface area contributed by atoms with Crippen LogP contribution in [-0.4, -0.2) is 24.5 Å². The first-order chi connectivity index (χ1) is 12.8. The third-order valence-electron chi connectivity index (χ3n) is 4.34. The molecule has 1 heterocycles. The maximum atomic E-state index is 13.0. The highest BCUT2D eigenvalue weighted by Gasteiger charge is 2.35. The normalized spacial score (nSPS) is 17.1. The van der Waals surface area contributed by atoms with E-state index in [1.165, 1.54) is 12.1 Å². The van der Waals surface area contributed by atoms with E-state index in [0.717, 1.165) is 23.4 Å². The molecule has 2 aromatic carbocycles. The molecule has 0 saturated carbocycles. The zero-order valence-electron chi connectivity index (χ0n) is 14.5. The first-order valence-electron chi connectivity index (χ1n) is 8.37. The second kappa shape index (κ2) is 7.30. The van der Waals surface area contributed by atoms with Gasteiger partial charge in [-0.2, -0.15) is 13.2 Å². The minimum absolute atomic E-state index is 0.293. The number of hydrogen-bond acceptors (Lipinski definition) is 2. The summed E-state index contributed by atoms with van der Waals surface area (Å²) >= 11 is 0. The molecule has 27 heavy (non-hydrogen) atoms. The standard InChI is InChI=1S/C19H18F3N3O2/c1-12-6-8-13(9-7-12)25-11-10-16(17(25)26)24-18(27)23-15-5-3-2-4-14(15)19(20,21)22/h2-9,16H,10-11H2,1H3,(H2,23,24,27)/t16-/m1/s1. The van der Waals surface area contributed by atoms with Crippen molar-refractivity contribution < 1.29 is 22.8 Å². The summed E-state index contributed by atoms with van der Waals surface area (Å²) < 4.78 is 39.0. The highest BCUT2D eigenvalue weighted by Crippen LogP contribution is 2.34. The molecule has 0 radical (unpaired) electrons. The van der Waals surface area contributed by atoms with Crippen molar-refractivity contribution >= 4 is 23.3 Å². The Morgan fingerprint density at radius 2 is 1.78 bits per heavy atom. The van der Waals surface area contributed by atoms with Crippen LogP contribution in [-0.2, 0) is 11.0 Å². The van der Waals surface area contributed by atoms with E-state index >= 15 is 0 Å². The highest BCUT2D eigenvalue weighted by atomic mass is 19.4. The zero-order chi connectivity index (χ0) is 19.6. The van der Waals surface area contributed by atoms with E-state index in [-0.39, 0.29) is 11.6 Å². The second-order valence-corrected chi connectivity index (χ2v) is 6.31. The van der Waals surface area contributed by atoms with Crippen molar-refractivity contribution in [2.75, 3.05) is 16.8 Å². The first-order valence-corrected chi connectivity index (χ1v) is 8.37. The molecule has 1 atom stereocenters. The van der Waals surface area contributed by atoms with Gasteiger partial charge >= 0.3 is 12.2 Å². The molecule has 0 unspecified atom stereocenters. The van der Waals surface area contributed by atoms with Gasteiger partial charge in [0, 0.05) is 12.2 Å². The highest BCUT2D eigenvalue weighted by molar-refractivity contribution is 6.02. The van der Waals surface area contributed by atoms with Crippen LogP contribution in [0.15, 0.2) is 48.5 Å². The van der Waals surface area contributed by atoms with Crippen molar-refractivity contribution in [3.63, 3.8) is 0 Å². The maximum Gasteiger partial charge on any atom is 0.418 e. The van der Waals surface area contributed by atoms with Gasteiger partial charge in [-0.25, -0.2) is 4.79 Å². The van der Waals surface area contributed by atoms with Crippen molar-refractivity contribution in [2.45, 2.75) is 25.6 Å². The number of carbonyl (C=O) groups excluding carboxylic acids is 2. The number of alkyl halides is 3. The number of hydrogen-bond donors (Lipinski definition) is 2. The number of carbonyl (C=O) groups is 2. The second-order valence-electron chi connectivity index (χ2n) is 6.31. The molecular weight excluding hydrogens is 359 g/mol. The Morgan fingerprint density at radius 3 is 2.44 bits per heavy atom. The van der Waals surface area contributed by atoms with E-state index in [2.05, 4.69) is 10.6 Å². The Balaban J connectivity index is 1.66. The first kappa shape index (κ1) is 18.8. The number of urea groups is 1. The summed E-state index contributed by atoms with van der Waals surface area (Å²) in [4.78, 5) is 26.2. The van der Waals surface area contributed by atoms with Gasteiger partial charge in [0.15, 0.2) is 0 Å². The van der Waals surface area contributed by atoms with Gasteiger partial charge in [-0.15, -0.1) is 0 Å². The van der Waals surface area contributed by atoms with Gasteiger partial charge in [-0.1, -0.05) is 29.8 Å². The van der Waals surface area contributed by atoms with Gasteiger partial charge in [0.05, 0.1) is 11.3 Å². The Bertz CT molecular complexity index is 850. The van der Waals surface area contributed by atoms with Gasteiger partial charge < -0.3 is 15.5 Å². The van der Waals surface area contributed by atoms with Gasteiger partial charge in [0.1, 0.15) is 6.04 Å². The largest absolute Gasteiger partial charge is 0.418 e. The Labute approximate surface area is 154 Å². The average molecular weight is 377 g/mol. The van der Waals surface area contributed by atoms with Crippen LogP contribution in [0.3, 0.4) is 0 Å². The SMILES string of the molecule is Cc1ccc(N2CC[C@@H](NC(=O)Nc3ccccc3C(F)(F)F)C2=O)cc1. The van der Waals surface area contributed by atoms with Gasteiger partial charge in [0.25, 0.3) is 0 Å². The van der Waals surface area contributed by atoms with Crippen LogP contribution in [0, 0.1) is 6.92 Å². The lowest BCUT2D eigenvalue weighted by atomic mass is 10.1. The van der Waals surface area contributed by atoms with E-state index in [9.17, 15) is 22.8 Å². The van der Waals surface area contributed by atoms with Gasteiger partial charge in [0.2, 0.25) is 5.91 Å². The van der Waals surface area contributed by atoms with Crippen molar-refractivity contribution in [3.8, 4) is 0 Å². The number of benzene rings is 2. The molecule has 1 aliphatic rings. The summed E-state index contributed by atoms with van der Waals surface area (Å²) in [6.07, 6.45) is -4.21. The fourth-order valence-corrected chi connectivity index (χ4v) is 2.95. The van der Waals surface area contributed by atoms with Crippen LogP contribution in [0.25, 0.3) is 0 Å². The summed E-state index contributed by atoms with van der Waals surface area (Å²) in [5, 5.41) is 4.64. The van der Waals surface area contributed by atoms with Crippen LogP contribution < -0.4 is 15.5 Å². The van der Waals surface area contributed by atoms with Crippen LogP contribution in [0.2, 0.25) is 0 Å². The molecule has 1 fully saturated rings. The Hall–Kier alpha value is -3.03. The maximum absolute atomic E-state index is 13.0. The smallest absolute Gasteiger partial charge is 0.326 e. The number of nitrogens with one attached hydrogen (secondary N) is 2. The molecule has 3 amide bonds. The van der Waals surface area contributed by atoms with Crippen LogP contribution >= 0.6 is 0 Å². The Kier molecular flexibility index (Phi) is 5.07. The van der Waals surface area contributed by atoms with Crippen molar-refractivity contribution in [3.05, 3.63) is 59.7 Å². The van der Waals surface area contributed by atoms with Gasteiger partial charge in [-0.3, -0.25) is 4.79 Å². The van der Waals surface area contributed by atoms with Gasteiger partial charge in [-0.05, 0) is 37.6 Å². The lowest BCUT2D eigenvalue weighted by Crippen LogP contribution is -2.43. The summed E-state index contributed by atoms with van der Waals surface area (Å²) in [5.41, 5.74) is 0.475. The van der Waals surface area contributed by atoms with Crippen LogP contribution in [0.5, 0.6) is 0 Å². The number of halogens is 3. The topological polar surface area (TPSA) is 61.4 Å². The van der Waals surface area contributed by atoms with E-state index in [4.69, 9.17) is 0 Å². The molecule has 5 nitrogen and oxygen atoms in total. The molecule has 2 aromatic rings. The third kappa shape index (κ3) is 4.21. The summed E-state index contributed by atoms with van der Waals surface area (Å²) in [6.45, 7) is 2.36. The molecular formula is C19H18F3N3O2. The number of nitrogens with zero attached hydrogens (tertiary/aromatic N) is 1. The van der Waals surface area contributed by atoms with E-state index in [1.807, 2.05) is 31.2 Å². The fraction of sp³-hybridized carbons (Fsp3) is 0.263. The fourth-order valence-electron chi connectivity index (χ4n) is 2.95.